The highest BCUT2D eigenvalue weighted by Crippen LogP contribution is 2.19. The molecule has 1 aliphatic rings. The van der Waals surface area contributed by atoms with Crippen LogP contribution in [0.15, 0.2) is 24.3 Å². The molecule has 1 aromatic heterocycles. The van der Waals surface area contributed by atoms with Crippen LogP contribution in [0, 0.1) is 12.8 Å². The first-order chi connectivity index (χ1) is 12.1. The Morgan fingerprint density at radius 3 is 2.88 bits per heavy atom. The molecule has 0 radical (unpaired) electrons. The molecule has 1 fully saturated rings. The topological polar surface area (TPSA) is 85.9 Å². The number of piperidine rings is 1. The second-order valence-electron chi connectivity index (χ2n) is 6.73. The number of benzene rings is 1. The molecular weight excluding hydrogens is 316 g/mol. The van der Waals surface area contributed by atoms with Crippen molar-refractivity contribution in [3.05, 3.63) is 30.1 Å². The van der Waals surface area contributed by atoms with Crippen LogP contribution in [0.3, 0.4) is 0 Å². The lowest BCUT2D eigenvalue weighted by atomic mass is 9.99. The molecular formula is C18H26N6O. The Balaban J connectivity index is 1.46. The van der Waals surface area contributed by atoms with Gasteiger partial charge in [-0.05, 0) is 50.9 Å². The number of urea groups is 1. The van der Waals surface area contributed by atoms with Crippen molar-refractivity contribution in [1.29, 1.82) is 0 Å². The number of hydrogen-bond donors (Lipinski definition) is 3. The van der Waals surface area contributed by atoms with Crippen molar-refractivity contribution in [1.82, 2.24) is 25.4 Å². The Morgan fingerprint density at radius 2 is 2.16 bits per heavy atom. The molecule has 1 aliphatic heterocycles. The molecule has 0 saturated carbocycles. The number of aromatic amines is 1. The van der Waals surface area contributed by atoms with Gasteiger partial charge < -0.3 is 15.5 Å². The summed E-state index contributed by atoms with van der Waals surface area (Å²) >= 11 is 0. The van der Waals surface area contributed by atoms with Crippen LogP contribution < -0.4 is 10.6 Å². The van der Waals surface area contributed by atoms with Gasteiger partial charge in [0.25, 0.3) is 0 Å². The number of likely N-dealkylation sites (tertiary alicyclic amines) is 1. The van der Waals surface area contributed by atoms with Crippen molar-refractivity contribution < 1.29 is 4.79 Å². The highest BCUT2D eigenvalue weighted by molar-refractivity contribution is 5.89. The number of nitrogens with one attached hydrogen (secondary N) is 3. The maximum Gasteiger partial charge on any atom is 0.319 e. The first-order valence-corrected chi connectivity index (χ1v) is 8.87. The molecule has 0 unspecified atom stereocenters. The third kappa shape index (κ3) is 5.03. The average Bonchev–Trinajstić information content (AvgIpc) is 3.03. The zero-order chi connectivity index (χ0) is 17.6. The Morgan fingerprint density at radius 1 is 1.36 bits per heavy atom. The lowest BCUT2D eigenvalue weighted by molar-refractivity contribution is 0.192. The Hall–Kier alpha value is -2.41. The van der Waals surface area contributed by atoms with Gasteiger partial charge in [0.2, 0.25) is 0 Å². The number of nitrogens with zero attached hydrogens (tertiary/aromatic N) is 3. The number of aromatic nitrogens is 3. The lowest BCUT2D eigenvalue weighted by Crippen LogP contribution is -2.40. The van der Waals surface area contributed by atoms with Gasteiger partial charge in [-0.2, -0.15) is 5.10 Å². The number of hydrogen-bond acceptors (Lipinski definition) is 4. The van der Waals surface area contributed by atoms with E-state index in [9.17, 15) is 4.79 Å². The summed E-state index contributed by atoms with van der Waals surface area (Å²) in [5.74, 6) is 2.21. The summed E-state index contributed by atoms with van der Waals surface area (Å²) in [6.45, 7) is 7.97. The van der Waals surface area contributed by atoms with Crippen LogP contribution in [0.2, 0.25) is 0 Å². The third-order valence-corrected chi connectivity index (χ3v) is 4.57. The van der Waals surface area contributed by atoms with Crippen LogP contribution in [-0.4, -0.2) is 52.3 Å². The van der Waals surface area contributed by atoms with E-state index in [-0.39, 0.29) is 6.03 Å². The standard InChI is InChI=1S/C18H26N6O/c1-13-6-9-24(10-7-13)11-8-19-18(25)21-16-5-3-4-15(12-16)17-20-14(2)22-23-17/h3-5,12-13H,6-11H2,1-2H3,(H2,19,21,25)(H,20,22,23). The van der Waals surface area contributed by atoms with E-state index in [4.69, 9.17) is 0 Å². The summed E-state index contributed by atoms with van der Waals surface area (Å²) < 4.78 is 0. The second-order valence-corrected chi connectivity index (χ2v) is 6.73. The minimum absolute atomic E-state index is 0.186. The van der Waals surface area contributed by atoms with Crippen molar-refractivity contribution in [2.45, 2.75) is 26.7 Å². The summed E-state index contributed by atoms with van der Waals surface area (Å²) in [5, 5.41) is 12.8. The van der Waals surface area contributed by atoms with Crippen LogP contribution in [0.25, 0.3) is 11.4 Å². The maximum atomic E-state index is 12.1. The van der Waals surface area contributed by atoms with Crippen LogP contribution >= 0.6 is 0 Å². The highest BCUT2D eigenvalue weighted by atomic mass is 16.2. The number of carbonyl (C=O) groups excluding carboxylic acids is 1. The number of aryl methyl sites for hydroxylation is 1. The van der Waals surface area contributed by atoms with Crippen LogP contribution in [-0.2, 0) is 0 Å². The molecule has 25 heavy (non-hydrogen) atoms. The van der Waals surface area contributed by atoms with Crippen LogP contribution in [0.1, 0.15) is 25.6 Å². The molecule has 0 bridgehead atoms. The minimum atomic E-state index is -0.186. The fourth-order valence-corrected chi connectivity index (χ4v) is 3.00. The molecule has 0 spiro atoms. The molecule has 7 heteroatoms. The molecule has 0 atom stereocenters. The van der Waals surface area contributed by atoms with E-state index < -0.39 is 0 Å². The van der Waals surface area contributed by atoms with Gasteiger partial charge in [0.15, 0.2) is 5.82 Å². The number of H-pyrrole nitrogens is 1. The number of carbonyl (C=O) groups is 1. The molecule has 7 nitrogen and oxygen atoms in total. The zero-order valence-corrected chi connectivity index (χ0v) is 14.9. The van der Waals surface area contributed by atoms with E-state index in [1.165, 1.54) is 12.8 Å². The van der Waals surface area contributed by atoms with Crippen LogP contribution in [0.5, 0.6) is 0 Å². The van der Waals surface area contributed by atoms with E-state index in [1.54, 1.807) is 0 Å². The third-order valence-electron chi connectivity index (χ3n) is 4.57. The summed E-state index contributed by atoms with van der Waals surface area (Å²) in [5.41, 5.74) is 1.59. The van der Waals surface area contributed by atoms with Gasteiger partial charge in [-0.3, -0.25) is 5.10 Å². The Bertz CT molecular complexity index is 705. The van der Waals surface area contributed by atoms with E-state index in [0.29, 0.717) is 12.4 Å². The average molecular weight is 342 g/mol. The van der Waals surface area contributed by atoms with Gasteiger partial charge in [0.05, 0.1) is 0 Å². The van der Waals surface area contributed by atoms with Crippen molar-refractivity contribution in [2.75, 3.05) is 31.5 Å². The monoisotopic (exact) mass is 342 g/mol. The normalized spacial score (nSPS) is 15.9. The quantitative estimate of drug-likeness (QED) is 0.780. The summed E-state index contributed by atoms with van der Waals surface area (Å²) in [4.78, 5) is 18.8. The van der Waals surface area contributed by atoms with Gasteiger partial charge in [0, 0.05) is 24.3 Å². The number of anilines is 1. The summed E-state index contributed by atoms with van der Waals surface area (Å²) in [6, 6.07) is 7.34. The minimum Gasteiger partial charge on any atom is -0.337 e. The van der Waals surface area contributed by atoms with Gasteiger partial charge >= 0.3 is 6.03 Å². The van der Waals surface area contributed by atoms with E-state index in [2.05, 4.69) is 37.6 Å². The smallest absolute Gasteiger partial charge is 0.319 e. The van der Waals surface area contributed by atoms with Crippen molar-refractivity contribution >= 4 is 11.7 Å². The Kier molecular flexibility index (Phi) is 5.65. The van der Waals surface area contributed by atoms with Gasteiger partial charge in [0.1, 0.15) is 5.82 Å². The van der Waals surface area contributed by atoms with Crippen molar-refractivity contribution in [3.8, 4) is 11.4 Å². The van der Waals surface area contributed by atoms with E-state index in [0.717, 1.165) is 42.6 Å². The predicted octanol–water partition coefficient (Wildman–Crippen LogP) is 2.63. The highest BCUT2D eigenvalue weighted by Gasteiger charge is 2.15. The van der Waals surface area contributed by atoms with Crippen molar-refractivity contribution in [2.24, 2.45) is 5.92 Å². The molecule has 2 heterocycles. The number of rotatable bonds is 5. The van der Waals surface area contributed by atoms with Gasteiger partial charge in [-0.15, -0.1) is 0 Å². The molecule has 3 N–H and O–H groups in total. The molecule has 3 rings (SSSR count). The fraction of sp³-hybridized carbons (Fsp3) is 0.500. The molecule has 0 aliphatic carbocycles. The van der Waals surface area contributed by atoms with Crippen molar-refractivity contribution in [3.63, 3.8) is 0 Å². The fourth-order valence-electron chi connectivity index (χ4n) is 3.00. The summed E-state index contributed by atoms with van der Waals surface area (Å²) in [6.07, 6.45) is 2.50. The predicted molar refractivity (Wildman–Crippen MR) is 98.4 cm³/mol. The lowest BCUT2D eigenvalue weighted by Gasteiger charge is -2.30. The van der Waals surface area contributed by atoms with E-state index >= 15 is 0 Å². The first kappa shape index (κ1) is 17.4. The largest absolute Gasteiger partial charge is 0.337 e. The first-order valence-electron chi connectivity index (χ1n) is 8.87. The number of amides is 2. The molecule has 1 aromatic carbocycles. The Labute approximate surface area is 148 Å². The molecule has 2 amide bonds. The second kappa shape index (κ2) is 8.11. The van der Waals surface area contributed by atoms with Crippen LogP contribution in [0.4, 0.5) is 10.5 Å². The maximum absolute atomic E-state index is 12.1. The van der Waals surface area contributed by atoms with Gasteiger partial charge in [-0.1, -0.05) is 19.1 Å². The molecule has 2 aromatic rings. The zero-order valence-electron chi connectivity index (χ0n) is 14.9. The molecule has 134 valence electrons. The van der Waals surface area contributed by atoms with E-state index in [1.807, 2.05) is 31.2 Å². The SMILES string of the molecule is Cc1nc(-c2cccc(NC(=O)NCCN3CCC(C)CC3)c2)n[nH]1. The summed E-state index contributed by atoms with van der Waals surface area (Å²) in [7, 11) is 0. The molecule has 1 saturated heterocycles. The van der Waals surface area contributed by atoms with Gasteiger partial charge in [-0.25, -0.2) is 9.78 Å².